The van der Waals surface area contributed by atoms with Crippen LogP contribution in [0.2, 0.25) is 0 Å². The quantitative estimate of drug-likeness (QED) is 0.520. The fraction of sp³-hybridized carbons (Fsp3) is 0.222. The molecule has 10 heavy (non-hydrogen) atoms. The van der Waals surface area contributed by atoms with Crippen molar-refractivity contribution in [3.63, 3.8) is 0 Å². The molecule has 0 unspecified atom stereocenters. The molecular weight excluding hydrogens is 122 g/mol. The number of hydrogen-bond donors (Lipinski definition) is 0. The Labute approximate surface area is 61.3 Å². The highest BCUT2D eigenvalue weighted by Crippen LogP contribution is 2.20. The highest BCUT2D eigenvalue weighted by atomic mass is 15.1. The SMILES string of the molecule is [CH2]N1Cc2ccccc2C1. The second-order valence-electron chi connectivity index (χ2n) is 2.76. The predicted octanol–water partition coefficient (Wildman–Crippen LogP) is 1.79. The van der Waals surface area contributed by atoms with Crippen LogP contribution >= 0.6 is 0 Å². The van der Waals surface area contributed by atoms with Crippen LogP contribution in [-0.4, -0.2) is 4.90 Å². The summed E-state index contributed by atoms with van der Waals surface area (Å²) in [5, 5.41) is 0. The molecule has 0 N–H and O–H groups in total. The van der Waals surface area contributed by atoms with Crippen LogP contribution in [0.5, 0.6) is 0 Å². The van der Waals surface area contributed by atoms with Gasteiger partial charge < -0.3 is 0 Å². The average Bonchev–Trinajstić information content (AvgIpc) is 2.27. The first-order valence-corrected chi connectivity index (χ1v) is 3.48. The summed E-state index contributed by atoms with van der Waals surface area (Å²) in [5.74, 6) is 0. The Morgan fingerprint density at radius 1 is 1.10 bits per heavy atom. The molecule has 1 aromatic carbocycles. The van der Waals surface area contributed by atoms with E-state index in [2.05, 4.69) is 36.2 Å². The Kier molecular flexibility index (Phi) is 1.24. The monoisotopic (exact) mass is 132 g/mol. The standard InChI is InChI=1S/C9H10N/c1-10-6-8-4-2-3-5-9(8)7-10/h2-5H,1,6-7H2. The maximum absolute atomic E-state index is 3.89. The molecule has 0 atom stereocenters. The molecule has 0 aromatic heterocycles. The van der Waals surface area contributed by atoms with Crippen LogP contribution in [0.3, 0.4) is 0 Å². The first-order valence-electron chi connectivity index (χ1n) is 3.48. The third kappa shape index (κ3) is 0.830. The summed E-state index contributed by atoms with van der Waals surface area (Å²) in [6, 6.07) is 8.50. The van der Waals surface area contributed by atoms with E-state index in [0.717, 1.165) is 13.1 Å². The molecule has 1 aliphatic rings. The van der Waals surface area contributed by atoms with Gasteiger partial charge in [-0.2, -0.15) is 0 Å². The molecule has 1 heterocycles. The Morgan fingerprint density at radius 3 is 2.10 bits per heavy atom. The predicted molar refractivity (Wildman–Crippen MR) is 41.0 cm³/mol. The Hall–Kier alpha value is -0.820. The van der Waals surface area contributed by atoms with Gasteiger partial charge >= 0.3 is 0 Å². The number of rotatable bonds is 0. The lowest BCUT2D eigenvalue weighted by atomic mass is 10.1. The summed E-state index contributed by atoms with van der Waals surface area (Å²) in [7, 11) is 3.89. The zero-order valence-corrected chi connectivity index (χ0v) is 5.88. The minimum Gasteiger partial charge on any atom is -0.294 e. The first-order chi connectivity index (χ1) is 4.86. The zero-order valence-electron chi connectivity index (χ0n) is 5.88. The van der Waals surface area contributed by atoms with Crippen LogP contribution in [0.4, 0.5) is 0 Å². The molecule has 0 bridgehead atoms. The van der Waals surface area contributed by atoms with E-state index in [1.807, 2.05) is 0 Å². The normalized spacial score (nSPS) is 17.3. The summed E-state index contributed by atoms with van der Waals surface area (Å²) in [4.78, 5) is 2.07. The lowest BCUT2D eigenvalue weighted by Crippen LogP contribution is -2.03. The van der Waals surface area contributed by atoms with Gasteiger partial charge in [-0.3, -0.25) is 4.90 Å². The Bertz CT molecular complexity index is 217. The van der Waals surface area contributed by atoms with Crippen LogP contribution in [-0.2, 0) is 13.1 Å². The minimum atomic E-state index is 1.01. The van der Waals surface area contributed by atoms with Crippen molar-refractivity contribution in [3.8, 4) is 0 Å². The summed E-state index contributed by atoms with van der Waals surface area (Å²) in [6.45, 7) is 2.02. The number of hydrogen-bond acceptors (Lipinski definition) is 1. The van der Waals surface area contributed by atoms with Crippen LogP contribution in [0.15, 0.2) is 24.3 Å². The van der Waals surface area contributed by atoms with Crippen LogP contribution in [0.1, 0.15) is 11.1 Å². The van der Waals surface area contributed by atoms with E-state index in [0.29, 0.717) is 0 Å². The molecule has 1 nitrogen and oxygen atoms in total. The summed E-state index contributed by atoms with van der Waals surface area (Å²) < 4.78 is 0. The molecule has 0 saturated carbocycles. The van der Waals surface area contributed by atoms with Gasteiger partial charge in [0.2, 0.25) is 0 Å². The summed E-state index contributed by atoms with van der Waals surface area (Å²) in [6.07, 6.45) is 0. The van der Waals surface area contributed by atoms with E-state index in [4.69, 9.17) is 0 Å². The van der Waals surface area contributed by atoms with Gasteiger partial charge in [0.05, 0.1) is 0 Å². The van der Waals surface area contributed by atoms with Crippen molar-refractivity contribution >= 4 is 0 Å². The minimum absolute atomic E-state index is 1.01. The molecule has 1 aromatic rings. The number of nitrogens with zero attached hydrogens (tertiary/aromatic N) is 1. The third-order valence-corrected chi connectivity index (χ3v) is 1.91. The summed E-state index contributed by atoms with van der Waals surface area (Å²) in [5.41, 5.74) is 2.86. The number of benzene rings is 1. The summed E-state index contributed by atoms with van der Waals surface area (Å²) >= 11 is 0. The highest BCUT2D eigenvalue weighted by Gasteiger charge is 2.13. The molecule has 0 aliphatic carbocycles. The van der Waals surface area contributed by atoms with Gasteiger partial charge in [-0.1, -0.05) is 24.3 Å². The first kappa shape index (κ1) is 5.93. The van der Waals surface area contributed by atoms with Crippen molar-refractivity contribution in [1.29, 1.82) is 0 Å². The second kappa shape index (κ2) is 2.10. The van der Waals surface area contributed by atoms with Crippen molar-refractivity contribution in [2.45, 2.75) is 13.1 Å². The molecule has 0 fully saturated rings. The molecule has 0 amide bonds. The topological polar surface area (TPSA) is 3.24 Å². The van der Waals surface area contributed by atoms with Gasteiger partial charge in [0.25, 0.3) is 0 Å². The fourth-order valence-corrected chi connectivity index (χ4v) is 1.40. The molecule has 2 rings (SSSR count). The number of fused-ring (bicyclic) bond motifs is 1. The molecule has 1 aliphatic heterocycles. The van der Waals surface area contributed by atoms with Gasteiger partial charge in [0.15, 0.2) is 0 Å². The lowest BCUT2D eigenvalue weighted by Gasteiger charge is -2.02. The highest BCUT2D eigenvalue weighted by molar-refractivity contribution is 5.30. The van der Waals surface area contributed by atoms with Crippen molar-refractivity contribution in [1.82, 2.24) is 4.90 Å². The van der Waals surface area contributed by atoms with Gasteiger partial charge in [-0.25, -0.2) is 0 Å². The molecule has 0 saturated heterocycles. The van der Waals surface area contributed by atoms with Crippen molar-refractivity contribution in [2.75, 3.05) is 0 Å². The van der Waals surface area contributed by atoms with E-state index in [1.54, 1.807) is 0 Å². The van der Waals surface area contributed by atoms with Gasteiger partial charge in [0.1, 0.15) is 0 Å². The van der Waals surface area contributed by atoms with E-state index in [-0.39, 0.29) is 0 Å². The maximum Gasteiger partial charge on any atom is 0.0241 e. The molecule has 51 valence electrons. The van der Waals surface area contributed by atoms with E-state index >= 15 is 0 Å². The van der Waals surface area contributed by atoms with Gasteiger partial charge in [0, 0.05) is 20.1 Å². The maximum atomic E-state index is 3.89. The van der Waals surface area contributed by atoms with E-state index in [9.17, 15) is 0 Å². The molecule has 0 spiro atoms. The van der Waals surface area contributed by atoms with E-state index in [1.165, 1.54) is 11.1 Å². The molecule has 1 radical (unpaired) electrons. The largest absolute Gasteiger partial charge is 0.294 e. The average molecular weight is 132 g/mol. The van der Waals surface area contributed by atoms with Crippen molar-refractivity contribution < 1.29 is 0 Å². The van der Waals surface area contributed by atoms with Crippen LogP contribution in [0.25, 0.3) is 0 Å². The zero-order chi connectivity index (χ0) is 6.97. The van der Waals surface area contributed by atoms with Crippen molar-refractivity contribution in [2.24, 2.45) is 0 Å². The van der Waals surface area contributed by atoms with Crippen LogP contribution in [0, 0.1) is 7.05 Å². The third-order valence-electron chi connectivity index (χ3n) is 1.91. The fourth-order valence-electron chi connectivity index (χ4n) is 1.40. The molecule has 1 heteroatoms. The van der Waals surface area contributed by atoms with Gasteiger partial charge in [-0.05, 0) is 11.1 Å². The Balaban J connectivity index is 2.42. The Morgan fingerprint density at radius 2 is 1.60 bits per heavy atom. The smallest absolute Gasteiger partial charge is 0.0241 e. The van der Waals surface area contributed by atoms with Crippen molar-refractivity contribution in [3.05, 3.63) is 42.4 Å². The van der Waals surface area contributed by atoms with E-state index < -0.39 is 0 Å². The molecular formula is C9H10N. The van der Waals surface area contributed by atoms with Crippen LogP contribution < -0.4 is 0 Å². The van der Waals surface area contributed by atoms with Gasteiger partial charge in [-0.15, -0.1) is 0 Å². The lowest BCUT2D eigenvalue weighted by molar-refractivity contribution is 0.393. The second-order valence-corrected chi connectivity index (χ2v) is 2.76.